The maximum absolute atomic E-state index is 14.0. The van der Waals surface area contributed by atoms with Crippen molar-refractivity contribution in [2.24, 2.45) is 10.9 Å². The molecule has 5 atom stereocenters. The number of isocyanates is 1. The number of aliphatic imine (C=N–C) groups is 1. The standard InChI is InChI=1S/C34H46N6O8S/c1-2-23-21-34(23,36-22-41)29-31(43)39-49(46,47)28-18-10-9-15-25(28)35-19-11-5-3-4-6-16-26(37-33(45)48-24-13-7-8-14-24)32(44)40-20-12-17-27(40)30(42)38-29/h2,9-10,15,18,23-24,26-27,29,35H,1,3-8,11-14,16-17,19-21H2,(H,37,45)(H,38,42)(H,39,43)/t23-,26+,27+,29?,34-/m1/s1. The third-order valence-corrected chi connectivity index (χ3v) is 11.4. The molecule has 2 heterocycles. The smallest absolute Gasteiger partial charge is 0.408 e. The van der Waals surface area contributed by atoms with Crippen LogP contribution in [0.15, 0.2) is 46.8 Å². The molecule has 2 aliphatic heterocycles. The van der Waals surface area contributed by atoms with Crippen LogP contribution >= 0.6 is 0 Å². The molecule has 15 heteroatoms. The highest BCUT2D eigenvalue weighted by atomic mass is 32.2. The topological polar surface area (TPSA) is 192 Å². The number of para-hydroxylation sites is 1. The van der Waals surface area contributed by atoms with E-state index in [9.17, 15) is 32.4 Å². The number of fused-ring (bicyclic) bond motifs is 2. The minimum Gasteiger partial charge on any atom is -0.446 e. The number of rotatable bonds is 5. The van der Waals surface area contributed by atoms with Gasteiger partial charge >= 0.3 is 6.09 Å². The summed E-state index contributed by atoms with van der Waals surface area (Å²) in [5.74, 6) is -2.75. The molecule has 14 nitrogen and oxygen atoms in total. The number of hydrogen-bond acceptors (Lipinski definition) is 10. The van der Waals surface area contributed by atoms with Gasteiger partial charge in [-0.1, -0.05) is 43.9 Å². The second-order valence-electron chi connectivity index (χ2n) is 13.3. The molecule has 1 aromatic rings. The van der Waals surface area contributed by atoms with E-state index in [2.05, 4.69) is 32.2 Å². The van der Waals surface area contributed by atoms with Gasteiger partial charge in [0.05, 0.1) is 5.69 Å². The first kappa shape index (κ1) is 36.1. The zero-order chi connectivity index (χ0) is 35.0. The van der Waals surface area contributed by atoms with E-state index in [4.69, 9.17) is 4.74 Å². The van der Waals surface area contributed by atoms with Crippen molar-refractivity contribution in [2.45, 2.75) is 118 Å². The maximum Gasteiger partial charge on any atom is 0.408 e. The van der Waals surface area contributed by atoms with Gasteiger partial charge in [-0.05, 0) is 69.9 Å². The lowest BCUT2D eigenvalue weighted by Gasteiger charge is -2.31. The predicted octanol–water partition coefficient (Wildman–Crippen LogP) is 3.05. The Labute approximate surface area is 286 Å². The summed E-state index contributed by atoms with van der Waals surface area (Å²) < 4.78 is 34.9. The molecule has 49 heavy (non-hydrogen) atoms. The number of benzene rings is 1. The molecule has 4 aliphatic rings. The fourth-order valence-electron chi connectivity index (χ4n) is 7.26. The van der Waals surface area contributed by atoms with E-state index in [1.165, 1.54) is 29.2 Å². The highest BCUT2D eigenvalue weighted by Crippen LogP contribution is 2.50. The SMILES string of the molecule is C=C[C@@H]1C[C@]1(N=C=O)C1NC(=O)[C@@H]2CCCN2C(=O)[C@@H](NC(=O)OC2CCCC2)CCCCCCCNc2ccccc2S(=O)(=O)NC1=O. The van der Waals surface area contributed by atoms with Gasteiger partial charge in [0, 0.05) is 19.0 Å². The second-order valence-corrected chi connectivity index (χ2v) is 15.0. The zero-order valence-electron chi connectivity index (χ0n) is 27.7. The first-order valence-electron chi connectivity index (χ1n) is 17.3. The van der Waals surface area contributed by atoms with E-state index in [-0.39, 0.29) is 30.4 Å². The van der Waals surface area contributed by atoms with Crippen molar-refractivity contribution >= 4 is 45.6 Å². The van der Waals surface area contributed by atoms with Crippen molar-refractivity contribution in [1.29, 1.82) is 0 Å². The quantitative estimate of drug-likeness (QED) is 0.203. The van der Waals surface area contributed by atoms with E-state index >= 15 is 0 Å². The van der Waals surface area contributed by atoms with Gasteiger partial charge in [0.1, 0.15) is 34.7 Å². The molecule has 0 radical (unpaired) electrons. The van der Waals surface area contributed by atoms with Crippen LogP contribution in [0.3, 0.4) is 0 Å². The van der Waals surface area contributed by atoms with Crippen LogP contribution in [0.25, 0.3) is 0 Å². The van der Waals surface area contributed by atoms with Crippen LogP contribution in [-0.4, -0.2) is 86.1 Å². The van der Waals surface area contributed by atoms with Crippen LogP contribution in [0, 0.1) is 5.92 Å². The van der Waals surface area contributed by atoms with Gasteiger partial charge in [0.25, 0.3) is 15.9 Å². The summed E-state index contributed by atoms with van der Waals surface area (Å²) in [5, 5.41) is 8.55. The monoisotopic (exact) mass is 698 g/mol. The Morgan fingerprint density at radius 2 is 1.71 bits per heavy atom. The average molecular weight is 699 g/mol. The molecule has 3 fully saturated rings. The molecule has 4 N–H and O–H groups in total. The maximum atomic E-state index is 14.0. The molecule has 0 bridgehead atoms. The molecule has 1 aromatic carbocycles. The number of carbonyl (C=O) groups excluding carboxylic acids is 5. The van der Waals surface area contributed by atoms with E-state index in [0.29, 0.717) is 31.5 Å². The van der Waals surface area contributed by atoms with Gasteiger partial charge in [-0.25, -0.2) is 22.7 Å². The molecule has 1 unspecified atom stereocenters. The lowest BCUT2D eigenvalue weighted by Crippen LogP contribution is -2.60. The highest BCUT2D eigenvalue weighted by molar-refractivity contribution is 7.90. The summed E-state index contributed by atoms with van der Waals surface area (Å²) in [7, 11) is -4.45. The molecule has 2 saturated carbocycles. The molecule has 0 aromatic heterocycles. The normalized spacial score (nSPS) is 29.9. The van der Waals surface area contributed by atoms with Crippen LogP contribution in [-0.2, 0) is 33.9 Å². The first-order chi connectivity index (χ1) is 23.6. The highest BCUT2D eigenvalue weighted by Gasteiger charge is 2.62. The molecule has 1 saturated heterocycles. The minimum atomic E-state index is -4.45. The number of nitrogens with one attached hydrogen (secondary N) is 4. The Morgan fingerprint density at radius 1 is 1.00 bits per heavy atom. The summed E-state index contributed by atoms with van der Waals surface area (Å²) in [4.78, 5) is 71.4. The third kappa shape index (κ3) is 8.50. The van der Waals surface area contributed by atoms with Gasteiger partial charge in [0.2, 0.25) is 17.9 Å². The third-order valence-electron chi connectivity index (χ3n) is 10.0. The molecular formula is C34H46N6O8S. The van der Waals surface area contributed by atoms with Gasteiger partial charge in [-0.15, -0.1) is 6.58 Å². The lowest BCUT2D eigenvalue weighted by atomic mass is 10.0. The Kier molecular flexibility index (Phi) is 11.8. The molecule has 5 rings (SSSR count). The first-order valence-corrected chi connectivity index (χ1v) is 18.8. The van der Waals surface area contributed by atoms with E-state index in [1.807, 2.05) is 0 Å². The van der Waals surface area contributed by atoms with Crippen molar-refractivity contribution in [2.75, 3.05) is 18.4 Å². The summed E-state index contributed by atoms with van der Waals surface area (Å²) in [6.07, 6.45) is 10.8. The van der Waals surface area contributed by atoms with Gasteiger partial charge in [-0.2, -0.15) is 4.99 Å². The zero-order valence-corrected chi connectivity index (χ0v) is 28.5. The van der Waals surface area contributed by atoms with E-state index in [1.54, 1.807) is 12.1 Å². The van der Waals surface area contributed by atoms with Crippen molar-refractivity contribution < 1.29 is 37.1 Å². The summed E-state index contributed by atoms with van der Waals surface area (Å²) in [6, 6.07) is 2.66. The summed E-state index contributed by atoms with van der Waals surface area (Å²) in [5.41, 5.74) is -1.19. The van der Waals surface area contributed by atoms with Crippen molar-refractivity contribution in [3.05, 3.63) is 36.9 Å². The number of hydrogen-bond donors (Lipinski definition) is 4. The lowest BCUT2D eigenvalue weighted by molar-refractivity contribution is -0.141. The number of ether oxygens (including phenoxy) is 1. The molecule has 266 valence electrons. The van der Waals surface area contributed by atoms with Crippen LogP contribution in [0.4, 0.5) is 10.5 Å². The number of sulfonamides is 1. The molecule has 2 aliphatic carbocycles. The Bertz CT molecular complexity index is 1570. The van der Waals surface area contributed by atoms with Gasteiger partial charge < -0.3 is 25.6 Å². The fraction of sp³-hybridized carbons (Fsp3) is 0.618. The van der Waals surface area contributed by atoms with E-state index in [0.717, 1.165) is 51.4 Å². The Morgan fingerprint density at radius 3 is 2.45 bits per heavy atom. The minimum absolute atomic E-state index is 0.144. The molecular weight excluding hydrogens is 652 g/mol. The van der Waals surface area contributed by atoms with Crippen LogP contribution in [0.1, 0.15) is 83.5 Å². The Hall–Kier alpha value is -4.23. The predicted molar refractivity (Wildman–Crippen MR) is 179 cm³/mol. The van der Waals surface area contributed by atoms with Crippen LogP contribution < -0.4 is 20.7 Å². The van der Waals surface area contributed by atoms with Gasteiger partial charge in [-0.3, -0.25) is 14.4 Å². The molecule has 4 amide bonds. The average Bonchev–Trinajstić information content (AvgIpc) is 3.38. The fourth-order valence-corrected chi connectivity index (χ4v) is 8.44. The van der Waals surface area contributed by atoms with Crippen molar-refractivity contribution in [1.82, 2.24) is 20.3 Å². The van der Waals surface area contributed by atoms with Crippen molar-refractivity contribution in [3.8, 4) is 0 Å². The second kappa shape index (κ2) is 16.0. The number of anilines is 1. The Balaban J connectivity index is 1.44. The van der Waals surface area contributed by atoms with Crippen LogP contribution in [0.5, 0.6) is 0 Å². The van der Waals surface area contributed by atoms with Crippen molar-refractivity contribution in [3.63, 3.8) is 0 Å². The summed E-state index contributed by atoms with van der Waals surface area (Å²) >= 11 is 0. The van der Waals surface area contributed by atoms with Crippen LogP contribution in [0.2, 0.25) is 0 Å². The number of carbonyl (C=O) groups is 4. The largest absolute Gasteiger partial charge is 0.446 e. The summed E-state index contributed by atoms with van der Waals surface area (Å²) in [6.45, 7) is 4.46. The van der Waals surface area contributed by atoms with Gasteiger partial charge in [0.15, 0.2) is 0 Å². The van der Waals surface area contributed by atoms with E-state index < -0.39 is 63.4 Å². The molecule has 0 spiro atoms. The number of nitrogens with zero attached hydrogens (tertiary/aromatic N) is 2. The number of amides is 4. The number of alkyl carbamates (subject to hydrolysis) is 1.